The van der Waals surface area contributed by atoms with Gasteiger partial charge in [-0.15, -0.1) is 0 Å². The van der Waals surface area contributed by atoms with Crippen molar-refractivity contribution in [1.82, 2.24) is 24.6 Å². The first-order valence-corrected chi connectivity index (χ1v) is 11.4. The van der Waals surface area contributed by atoms with Gasteiger partial charge >= 0.3 is 0 Å². The molecule has 4 aromatic rings. The highest BCUT2D eigenvalue weighted by Crippen LogP contribution is 2.29. The number of aryl methyl sites for hydroxylation is 2. The Kier molecular flexibility index (Phi) is 5.93. The highest BCUT2D eigenvalue weighted by atomic mass is 16.3. The molecule has 0 bridgehead atoms. The Bertz CT molecular complexity index is 1250. The molecular formula is C25H29N7O. The predicted octanol–water partition coefficient (Wildman–Crippen LogP) is 3.29. The Labute approximate surface area is 193 Å². The number of nitrogens with zero attached hydrogens (tertiary/aromatic N) is 6. The van der Waals surface area contributed by atoms with Crippen LogP contribution in [0.2, 0.25) is 0 Å². The summed E-state index contributed by atoms with van der Waals surface area (Å²) in [6.07, 6.45) is 1.83. The topological polar surface area (TPSA) is 82.3 Å². The van der Waals surface area contributed by atoms with E-state index in [4.69, 9.17) is 9.97 Å². The van der Waals surface area contributed by atoms with Crippen molar-refractivity contribution in [3.63, 3.8) is 0 Å². The maximum absolute atomic E-state index is 9.25. The fraction of sp³-hybridized carbons (Fsp3) is 0.320. The second kappa shape index (κ2) is 9.17. The number of piperazine rings is 1. The number of aliphatic hydroxyl groups excluding tert-OH is 1. The first kappa shape index (κ1) is 21.4. The number of β-amino-alcohol motifs (C(OH)–C–C–N with tert-alkyl or cyclic N) is 1. The minimum Gasteiger partial charge on any atom is -0.395 e. The number of hydrogen-bond donors (Lipinski definition) is 2. The molecular weight excluding hydrogens is 414 g/mol. The van der Waals surface area contributed by atoms with Crippen LogP contribution in [-0.2, 0) is 0 Å². The number of anilines is 3. The van der Waals surface area contributed by atoms with Crippen LogP contribution in [0.4, 0.5) is 17.5 Å². The number of fused-ring (bicyclic) bond motifs is 1. The van der Waals surface area contributed by atoms with Gasteiger partial charge in [-0.1, -0.05) is 24.3 Å². The molecule has 1 aliphatic rings. The summed E-state index contributed by atoms with van der Waals surface area (Å²) in [5.74, 6) is 1.44. The molecule has 1 aliphatic heterocycles. The molecule has 170 valence electrons. The second-order valence-electron chi connectivity index (χ2n) is 8.48. The Morgan fingerprint density at radius 3 is 2.45 bits per heavy atom. The predicted molar refractivity (Wildman–Crippen MR) is 132 cm³/mol. The smallest absolute Gasteiger partial charge is 0.229 e. The molecule has 2 aromatic carbocycles. The quantitative estimate of drug-likeness (QED) is 0.473. The SMILES string of the molecule is Cc1ccc(Nc2nc(N3CCN(CCO)CC3)nc3c2cnn3-c2ccccc2)cc1C. The van der Waals surface area contributed by atoms with Gasteiger partial charge in [-0.2, -0.15) is 15.1 Å². The van der Waals surface area contributed by atoms with Crippen LogP contribution >= 0.6 is 0 Å². The molecule has 8 heteroatoms. The molecule has 0 unspecified atom stereocenters. The average molecular weight is 444 g/mol. The van der Waals surface area contributed by atoms with Gasteiger partial charge in [0.1, 0.15) is 5.82 Å². The van der Waals surface area contributed by atoms with E-state index in [-0.39, 0.29) is 6.61 Å². The lowest BCUT2D eigenvalue weighted by atomic mass is 10.1. The van der Waals surface area contributed by atoms with Crippen LogP contribution in [0, 0.1) is 13.8 Å². The summed E-state index contributed by atoms with van der Waals surface area (Å²) in [4.78, 5) is 14.4. The molecule has 3 heterocycles. The van der Waals surface area contributed by atoms with Gasteiger partial charge in [0.2, 0.25) is 5.95 Å². The van der Waals surface area contributed by atoms with E-state index in [1.165, 1.54) is 11.1 Å². The van der Waals surface area contributed by atoms with E-state index >= 15 is 0 Å². The fourth-order valence-electron chi connectivity index (χ4n) is 4.16. The minimum atomic E-state index is 0.183. The number of rotatable bonds is 6. The summed E-state index contributed by atoms with van der Waals surface area (Å²) in [5.41, 5.74) is 5.21. The largest absolute Gasteiger partial charge is 0.395 e. The van der Waals surface area contributed by atoms with Gasteiger partial charge in [-0.25, -0.2) is 4.68 Å². The monoisotopic (exact) mass is 443 g/mol. The van der Waals surface area contributed by atoms with E-state index in [1.807, 2.05) is 41.2 Å². The Morgan fingerprint density at radius 2 is 1.73 bits per heavy atom. The van der Waals surface area contributed by atoms with Crippen LogP contribution in [0.5, 0.6) is 0 Å². The Balaban J connectivity index is 1.56. The highest BCUT2D eigenvalue weighted by Gasteiger charge is 2.22. The molecule has 5 rings (SSSR count). The summed E-state index contributed by atoms with van der Waals surface area (Å²) >= 11 is 0. The third-order valence-electron chi connectivity index (χ3n) is 6.26. The summed E-state index contributed by atoms with van der Waals surface area (Å²) in [6.45, 7) is 8.49. The lowest BCUT2D eigenvalue weighted by molar-refractivity contribution is 0.188. The van der Waals surface area contributed by atoms with E-state index in [0.29, 0.717) is 12.5 Å². The van der Waals surface area contributed by atoms with Crippen LogP contribution < -0.4 is 10.2 Å². The number of para-hydroxylation sites is 1. The maximum atomic E-state index is 9.25. The number of aromatic nitrogens is 4. The Morgan fingerprint density at radius 1 is 0.939 bits per heavy atom. The molecule has 0 radical (unpaired) electrons. The highest BCUT2D eigenvalue weighted by molar-refractivity contribution is 5.90. The van der Waals surface area contributed by atoms with Crippen molar-refractivity contribution in [3.05, 3.63) is 65.9 Å². The number of nitrogens with one attached hydrogen (secondary N) is 1. The third-order valence-corrected chi connectivity index (χ3v) is 6.26. The van der Waals surface area contributed by atoms with Gasteiger partial charge in [-0.05, 0) is 49.2 Å². The minimum absolute atomic E-state index is 0.183. The van der Waals surface area contributed by atoms with Crippen molar-refractivity contribution >= 4 is 28.5 Å². The number of hydrogen-bond acceptors (Lipinski definition) is 7. The number of aliphatic hydroxyl groups is 1. The summed E-state index contributed by atoms with van der Waals surface area (Å²) in [5, 5.41) is 18.3. The molecule has 33 heavy (non-hydrogen) atoms. The molecule has 2 aromatic heterocycles. The van der Waals surface area contributed by atoms with Crippen molar-refractivity contribution in [3.8, 4) is 5.69 Å². The Hall–Kier alpha value is -3.49. The molecule has 0 spiro atoms. The maximum Gasteiger partial charge on any atom is 0.229 e. The fourth-order valence-corrected chi connectivity index (χ4v) is 4.16. The lowest BCUT2D eigenvalue weighted by Crippen LogP contribution is -2.47. The van der Waals surface area contributed by atoms with Crippen LogP contribution in [0.15, 0.2) is 54.7 Å². The molecule has 0 saturated carbocycles. The molecule has 0 aliphatic carbocycles. The summed E-state index contributed by atoms with van der Waals surface area (Å²) < 4.78 is 1.87. The van der Waals surface area contributed by atoms with E-state index in [2.05, 4.69) is 52.3 Å². The van der Waals surface area contributed by atoms with Gasteiger partial charge in [0, 0.05) is 38.4 Å². The van der Waals surface area contributed by atoms with Crippen LogP contribution in [-0.4, -0.2) is 69.1 Å². The average Bonchev–Trinajstić information content (AvgIpc) is 3.27. The van der Waals surface area contributed by atoms with E-state index < -0.39 is 0 Å². The van der Waals surface area contributed by atoms with Gasteiger partial charge in [-0.3, -0.25) is 4.90 Å². The first-order chi connectivity index (χ1) is 16.1. The van der Waals surface area contributed by atoms with Crippen molar-refractivity contribution < 1.29 is 5.11 Å². The van der Waals surface area contributed by atoms with Crippen molar-refractivity contribution in [1.29, 1.82) is 0 Å². The van der Waals surface area contributed by atoms with Crippen molar-refractivity contribution in [2.24, 2.45) is 0 Å². The van der Waals surface area contributed by atoms with Crippen molar-refractivity contribution in [2.45, 2.75) is 13.8 Å². The van der Waals surface area contributed by atoms with Gasteiger partial charge < -0.3 is 15.3 Å². The summed E-state index contributed by atoms with van der Waals surface area (Å²) in [6, 6.07) is 16.4. The van der Waals surface area contributed by atoms with Gasteiger partial charge in [0.05, 0.1) is 23.9 Å². The van der Waals surface area contributed by atoms with Crippen LogP contribution in [0.1, 0.15) is 11.1 Å². The zero-order chi connectivity index (χ0) is 22.8. The van der Waals surface area contributed by atoms with Crippen LogP contribution in [0.25, 0.3) is 16.7 Å². The molecule has 2 N–H and O–H groups in total. The van der Waals surface area contributed by atoms with E-state index in [0.717, 1.165) is 54.4 Å². The molecule has 0 amide bonds. The first-order valence-electron chi connectivity index (χ1n) is 11.4. The second-order valence-corrected chi connectivity index (χ2v) is 8.48. The lowest BCUT2D eigenvalue weighted by Gasteiger charge is -2.34. The third kappa shape index (κ3) is 4.40. The van der Waals surface area contributed by atoms with Gasteiger partial charge in [0.25, 0.3) is 0 Å². The van der Waals surface area contributed by atoms with Crippen LogP contribution in [0.3, 0.4) is 0 Å². The normalized spacial score (nSPS) is 14.7. The van der Waals surface area contributed by atoms with E-state index in [1.54, 1.807) is 0 Å². The molecule has 0 atom stereocenters. The zero-order valence-electron chi connectivity index (χ0n) is 19.1. The molecule has 8 nitrogen and oxygen atoms in total. The van der Waals surface area contributed by atoms with E-state index in [9.17, 15) is 5.11 Å². The standard InChI is InChI=1S/C25H29N7O/c1-18-8-9-20(16-19(18)2)27-23-22-17-26-32(21-6-4-3-5-7-21)24(22)29-25(28-23)31-12-10-30(11-13-31)14-15-33/h3-9,16-17,33H,10-15H2,1-2H3,(H,27,28,29). The van der Waals surface area contributed by atoms with Crippen molar-refractivity contribution in [2.75, 3.05) is 49.5 Å². The molecule has 1 fully saturated rings. The van der Waals surface area contributed by atoms with Gasteiger partial charge in [0.15, 0.2) is 5.65 Å². The summed E-state index contributed by atoms with van der Waals surface area (Å²) in [7, 11) is 0. The molecule has 1 saturated heterocycles. The number of benzene rings is 2. The zero-order valence-corrected chi connectivity index (χ0v) is 19.1.